The average molecular weight is 376 g/mol. The Morgan fingerprint density at radius 3 is 2.37 bits per heavy atom. The van der Waals surface area contributed by atoms with Gasteiger partial charge in [-0.25, -0.2) is 0 Å². The average Bonchev–Trinajstić information content (AvgIpc) is 2.76. The first kappa shape index (κ1) is 16.2. The SMILES string of the molecule is COc1ccc(NC(=O)C[N+]2(C)CCCC2)cc1.[I-]. The van der Waals surface area contributed by atoms with Crippen LogP contribution in [0.25, 0.3) is 0 Å². The van der Waals surface area contributed by atoms with E-state index in [4.69, 9.17) is 4.74 Å². The third-order valence-corrected chi connectivity index (χ3v) is 3.54. The number of benzene rings is 1. The number of ether oxygens (including phenoxy) is 1. The van der Waals surface area contributed by atoms with E-state index in [-0.39, 0.29) is 29.9 Å². The van der Waals surface area contributed by atoms with Crippen molar-refractivity contribution >= 4 is 11.6 Å². The summed E-state index contributed by atoms with van der Waals surface area (Å²) in [5, 5.41) is 2.94. The number of methoxy groups -OCH3 is 1. The van der Waals surface area contributed by atoms with Gasteiger partial charge in [0.1, 0.15) is 5.75 Å². The molecule has 1 aromatic rings. The molecule has 1 saturated heterocycles. The number of likely N-dealkylation sites (tertiary alicyclic amines) is 1. The number of carbonyl (C=O) groups excluding carboxylic acids is 1. The van der Waals surface area contributed by atoms with Crippen LogP contribution in [0.3, 0.4) is 0 Å². The molecule has 5 heteroatoms. The van der Waals surface area contributed by atoms with E-state index < -0.39 is 0 Å². The van der Waals surface area contributed by atoms with Gasteiger partial charge in [0.2, 0.25) is 0 Å². The zero-order valence-corrected chi connectivity index (χ0v) is 13.6. The van der Waals surface area contributed by atoms with Crippen LogP contribution in [0.15, 0.2) is 24.3 Å². The molecule has 0 atom stereocenters. The van der Waals surface area contributed by atoms with E-state index in [0.29, 0.717) is 6.54 Å². The Balaban J connectivity index is 0.00000180. The minimum atomic E-state index is 0. The van der Waals surface area contributed by atoms with E-state index in [1.54, 1.807) is 7.11 Å². The van der Waals surface area contributed by atoms with Gasteiger partial charge in [0, 0.05) is 18.5 Å². The number of quaternary nitrogens is 1. The Labute approximate surface area is 131 Å². The monoisotopic (exact) mass is 376 g/mol. The molecule has 0 aliphatic carbocycles. The molecule has 0 bridgehead atoms. The second-order valence-corrected chi connectivity index (χ2v) is 5.21. The van der Waals surface area contributed by atoms with E-state index in [9.17, 15) is 4.79 Å². The zero-order valence-electron chi connectivity index (χ0n) is 11.5. The largest absolute Gasteiger partial charge is 1.00 e. The van der Waals surface area contributed by atoms with Crippen LogP contribution in [-0.4, -0.2) is 44.2 Å². The molecule has 1 heterocycles. The zero-order chi connectivity index (χ0) is 13.0. The summed E-state index contributed by atoms with van der Waals surface area (Å²) >= 11 is 0. The van der Waals surface area contributed by atoms with Crippen molar-refractivity contribution in [3.05, 3.63) is 24.3 Å². The minimum Gasteiger partial charge on any atom is -1.00 e. The molecule has 4 nitrogen and oxygen atoms in total. The van der Waals surface area contributed by atoms with Crippen molar-refractivity contribution in [1.82, 2.24) is 0 Å². The number of nitrogens with zero attached hydrogens (tertiary/aromatic N) is 1. The summed E-state index contributed by atoms with van der Waals surface area (Å²) in [4.78, 5) is 12.0. The number of hydrogen-bond acceptors (Lipinski definition) is 2. The van der Waals surface area contributed by atoms with Crippen molar-refractivity contribution < 1.29 is 38.0 Å². The standard InChI is InChI=1S/C14H20N2O2.HI/c1-16(9-3-4-10-16)11-14(17)15-12-5-7-13(18-2)8-6-12;/h5-8H,3-4,9-11H2,1-2H3;1H. The fraction of sp³-hybridized carbons (Fsp3) is 0.500. The van der Waals surface area contributed by atoms with Crippen LogP contribution < -0.4 is 34.0 Å². The fourth-order valence-electron chi connectivity index (χ4n) is 2.48. The van der Waals surface area contributed by atoms with E-state index in [1.807, 2.05) is 24.3 Å². The maximum Gasteiger partial charge on any atom is 0.279 e. The lowest BCUT2D eigenvalue weighted by molar-refractivity contribution is -0.889. The predicted octanol–water partition coefficient (Wildman–Crippen LogP) is -1.12. The molecule has 1 aliphatic rings. The first-order valence-corrected chi connectivity index (χ1v) is 6.39. The first-order chi connectivity index (χ1) is 8.61. The predicted molar refractivity (Wildman–Crippen MR) is 71.6 cm³/mol. The summed E-state index contributed by atoms with van der Waals surface area (Å²) in [7, 11) is 3.78. The summed E-state index contributed by atoms with van der Waals surface area (Å²) in [5.41, 5.74) is 0.826. The van der Waals surface area contributed by atoms with Gasteiger partial charge in [-0.15, -0.1) is 0 Å². The van der Waals surface area contributed by atoms with Gasteiger partial charge in [-0.2, -0.15) is 0 Å². The quantitative estimate of drug-likeness (QED) is 0.534. The number of likely N-dealkylation sites (N-methyl/N-ethyl adjacent to an activating group) is 1. The number of amides is 1. The fourth-order valence-corrected chi connectivity index (χ4v) is 2.48. The lowest BCUT2D eigenvalue weighted by Crippen LogP contribution is -3.00. The van der Waals surface area contributed by atoms with Gasteiger partial charge in [0.25, 0.3) is 5.91 Å². The van der Waals surface area contributed by atoms with Crippen molar-refractivity contribution in [1.29, 1.82) is 0 Å². The molecule has 1 amide bonds. The van der Waals surface area contributed by atoms with Crippen LogP contribution >= 0.6 is 0 Å². The highest BCUT2D eigenvalue weighted by molar-refractivity contribution is 5.91. The molecule has 0 spiro atoms. The number of anilines is 1. The maximum atomic E-state index is 12.0. The molecule has 1 aromatic carbocycles. The maximum absolute atomic E-state index is 12.0. The smallest absolute Gasteiger partial charge is 0.279 e. The van der Waals surface area contributed by atoms with Crippen molar-refractivity contribution in [2.75, 3.05) is 39.1 Å². The molecule has 106 valence electrons. The summed E-state index contributed by atoms with van der Waals surface area (Å²) in [6, 6.07) is 7.42. The van der Waals surface area contributed by atoms with E-state index >= 15 is 0 Å². The molecule has 0 aromatic heterocycles. The number of carbonyl (C=O) groups is 1. The molecule has 1 N–H and O–H groups in total. The van der Waals surface area contributed by atoms with Gasteiger partial charge in [-0.3, -0.25) is 4.79 Å². The number of hydrogen-bond donors (Lipinski definition) is 1. The molecule has 0 radical (unpaired) electrons. The Hall–Kier alpha value is -0.820. The van der Waals surface area contributed by atoms with Gasteiger partial charge < -0.3 is 38.5 Å². The van der Waals surface area contributed by atoms with Crippen LogP contribution in [0.5, 0.6) is 5.75 Å². The van der Waals surface area contributed by atoms with Crippen LogP contribution in [0.2, 0.25) is 0 Å². The lowest BCUT2D eigenvalue weighted by Gasteiger charge is -2.28. The second kappa shape index (κ2) is 7.09. The highest BCUT2D eigenvalue weighted by Gasteiger charge is 2.29. The third-order valence-electron chi connectivity index (χ3n) is 3.54. The molecule has 2 rings (SSSR count). The second-order valence-electron chi connectivity index (χ2n) is 5.21. The number of halogens is 1. The van der Waals surface area contributed by atoms with Crippen LogP contribution in [0, 0.1) is 0 Å². The first-order valence-electron chi connectivity index (χ1n) is 6.39. The van der Waals surface area contributed by atoms with Crippen LogP contribution in [-0.2, 0) is 4.79 Å². The van der Waals surface area contributed by atoms with Crippen molar-refractivity contribution in [2.24, 2.45) is 0 Å². The Morgan fingerprint density at radius 1 is 1.26 bits per heavy atom. The highest BCUT2D eigenvalue weighted by atomic mass is 127. The number of rotatable bonds is 4. The molecule has 0 unspecified atom stereocenters. The number of nitrogens with one attached hydrogen (secondary N) is 1. The summed E-state index contributed by atoms with van der Waals surface area (Å²) in [5.74, 6) is 0.885. The van der Waals surface area contributed by atoms with Crippen molar-refractivity contribution in [2.45, 2.75) is 12.8 Å². The van der Waals surface area contributed by atoms with E-state index in [2.05, 4.69) is 12.4 Å². The van der Waals surface area contributed by atoms with Crippen LogP contribution in [0.1, 0.15) is 12.8 Å². The van der Waals surface area contributed by atoms with Gasteiger partial charge in [0.15, 0.2) is 6.54 Å². The molecular formula is C14H21IN2O2. The Morgan fingerprint density at radius 2 is 1.84 bits per heavy atom. The lowest BCUT2D eigenvalue weighted by atomic mass is 10.3. The summed E-state index contributed by atoms with van der Waals surface area (Å²) in [6.07, 6.45) is 2.46. The van der Waals surface area contributed by atoms with Gasteiger partial charge >= 0.3 is 0 Å². The molecular weight excluding hydrogens is 355 g/mol. The topological polar surface area (TPSA) is 38.3 Å². The highest BCUT2D eigenvalue weighted by Crippen LogP contribution is 2.18. The molecule has 1 fully saturated rings. The summed E-state index contributed by atoms with van der Waals surface area (Å²) < 4.78 is 5.95. The Bertz CT molecular complexity index is 414. The van der Waals surface area contributed by atoms with Gasteiger partial charge in [-0.05, 0) is 24.3 Å². The van der Waals surface area contributed by atoms with Crippen molar-refractivity contribution in [3.63, 3.8) is 0 Å². The molecule has 1 aliphatic heterocycles. The van der Waals surface area contributed by atoms with E-state index in [0.717, 1.165) is 29.0 Å². The molecule has 19 heavy (non-hydrogen) atoms. The summed E-state index contributed by atoms with van der Waals surface area (Å²) in [6.45, 7) is 2.78. The normalized spacial score (nSPS) is 16.5. The van der Waals surface area contributed by atoms with E-state index in [1.165, 1.54) is 12.8 Å². The third kappa shape index (κ3) is 4.65. The van der Waals surface area contributed by atoms with Crippen LogP contribution in [0.4, 0.5) is 5.69 Å². The Kier molecular flexibility index (Phi) is 6.06. The van der Waals surface area contributed by atoms with Gasteiger partial charge in [0.05, 0.1) is 27.2 Å². The van der Waals surface area contributed by atoms with Gasteiger partial charge in [-0.1, -0.05) is 0 Å². The van der Waals surface area contributed by atoms with Crippen molar-refractivity contribution in [3.8, 4) is 5.75 Å². The minimum absolute atomic E-state index is 0. The molecule has 0 saturated carbocycles.